The predicted molar refractivity (Wildman–Crippen MR) is 92.3 cm³/mol. The van der Waals surface area contributed by atoms with Crippen molar-refractivity contribution in [2.24, 2.45) is 0 Å². The van der Waals surface area contributed by atoms with Gasteiger partial charge in [-0.3, -0.25) is 0 Å². The molecule has 23 heavy (non-hydrogen) atoms. The van der Waals surface area contributed by atoms with Crippen molar-refractivity contribution in [2.75, 3.05) is 0 Å². The van der Waals surface area contributed by atoms with Gasteiger partial charge in [0.2, 0.25) is 0 Å². The second kappa shape index (κ2) is 8.59. The lowest BCUT2D eigenvalue weighted by atomic mass is 10.0. The number of carboxylic acids is 1. The molecular formula is C19H21ClO3. The Morgan fingerprint density at radius 2 is 1.87 bits per heavy atom. The summed E-state index contributed by atoms with van der Waals surface area (Å²) in [5.74, 6) is -0.524. The summed E-state index contributed by atoms with van der Waals surface area (Å²) in [6, 6.07) is 14.8. The summed E-state index contributed by atoms with van der Waals surface area (Å²) in [6.45, 7) is 2.17. The van der Waals surface area contributed by atoms with Gasteiger partial charge >= 0.3 is 5.97 Å². The first-order chi connectivity index (χ1) is 11.1. The zero-order chi connectivity index (χ0) is 16.7. The average Bonchev–Trinajstić information content (AvgIpc) is 2.53. The number of rotatable bonds is 8. The highest BCUT2D eigenvalue weighted by Crippen LogP contribution is 2.20. The molecule has 0 aliphatic heterocycles. The number of aryl methyl sites for hydroxylation is 1. The van der Waals surface area contributed by atoms with Gasteiger partial charge in [-0.25, -0.2) is 4.79 Å². The average molecular weight is 333 g/mol. The Kier molecular flexibility index (Phi) is 6.48. The maximum atomic E-state index is 11.4. The van der Waals surface area contributed by atoms with E-state index in [1.54, 1.807) is 24.3 Å². The fourth-order valence-corrected chi connectivity index (χ4v) is 2.50. The molecule has 0 saturated heterocycles. The van der Waals surface area contributed by atoms with Crippen LogP contribution in [0.25, 0.3) is 0 Å². The van der Waals surface area contributed by atoms with Gasteiger partial charge in [0.1, 0.15) is 5.75 Å². The van der Waals surface area contributed by atoms with Crippen LogP contribution in [0.4, 0.5) is 0 Å². The number of hydrogen-bond acceptors (Lipinski definition) is 2. The SMILES string of the molecule is CCCCc1ccc(C[C@@H](Oc2cccc(Cl)c2)C(=O)O)cc1. The molecule has 122 valence electrons. The smallest absolute Gasteiger partial charge is 0.345 e. The van der Waals surface area contributed by atoms with E-state index in [-0.39, 0.29) is 0 Å². The molecule has 0 radical (unpaired) electrons. The molecule has 0 aliphatic rings. The number of ether oxygens (including phenoxy) is 1. The molecule has 0 aliphatic carbocycles. The van der Waals surface area contributed by atoms with Crippen LogP contribution in [0, 0.1) is 0 Å². The fourth-order valence-electron chi connectivity index (χ4n) is 2.32. The Hall–Kier alpha value is -2.00. The highest BCUT2D eigenvalue weighted by molar-refractivity contribution is 6.30. The molecule has 0 spiro atoms. The van der Waals surface area contributed by atoms with Gasteiger partial charge in [-0.05, 0) is 42.2 Å². The molecule has 1 N–H and O–H groups in total. The van der Waals surface area contributed by atoms with E-state index < -0.39 is 12.1 Å². The highest BCUT2D eigenvalue weighted by Gasteiger charge is 2.20. The molecule has 2 aromatic rings. The molecule has 0 unspecified atom stereocenters. The van der Waals surface area contributed by atoms with Crippen molar-refractivity contribution in [1.82, 2.24) is 0 Å². The van der Waals surface area contributed by atoms with Gasteiger partial charge in [-0.2, -0.15) is 0 Å². The van der Waals surface area contributed by atoms with Gasteiger partial charge < -0.3 is 9.84 Å². The topological polar surface area (TPSA) is 46.5 Å². The molecule has 0 heterocycles. The van der Waals surface area contributed by atoms with E-state index in [1.807, 2.05) is 12.1 Å². The van der Waals surface area contributed by atoms with E-state index in [4.69, 9.17) is 16.3 Å². The minimum atomic E-state index is -0.986. The molecule has 0 bridgehead atoms. The van der Waals surface area contributed by atoms with Gasteiger partial charge in [0.15, 0.2) is 6.10 Å². The third-order valence-corrected chi connectivity index (χ3v) is 3.85. The van der Waals surface area contributed by atoms with Crippen molar-refractivity contribution in [3.05, 3.63) is 64.7 Å². The second-order valence-electron chi connectivity index (χ2n) is 5.53. The minimum absolute atomic E-state index is 0.315. The largest absolute Gasteiger partial charge is 0.478 e. The van der Waals surface area contributed by atoms with Crippen molar-refractivity contribution in [3.63, 3.8) is 0 Å². The Morgan fingerprint density at radius 1 is 1.17 bits per heavy atom. The van der Waals surface area contributed by atoms with Crippen molar-refractivity contribution < 1.29 is 14.6 Å². The van der Waals surface area contributed by atoms with Crippen LogP contribution in [0.5, 0.6) is 5.75 Å². The first-order valence-electron chi connectivity index (χ1n) is 7.81. The van der Waals surface area contributed by atoms with Crippen molar-refractivity contribution >= 4 is 17.6 Å². The maximum Gasteiger partial charge on any atom is 0.345 e. The maximum absolute atomic E-state index is 11.4. The van der Waals surface area contributed by atoms with Crippen molar-refractivity contribution in [2.45, 2.75) is 38.7 Å². The molecule has 0 saturated carbocycles. The monoisotopic (exact) mass is 332 g/mol. The van der Waals surface area contributed by atoms with Gasteiger partial charge in [0.05, 0.1) is 0 Å². The number of carbonyl (C=O) groups is 1. The third kappa shape index (κ3) is 5.61. The number of aliphatic carboxylic acids is 1. The van der Waals surface area contributed by atoms with Crippen LogP contribution in [0.15, 0.2) is 48.5 Å². The van der Waals surface area contributed by atoms with Crippen LogP contribution in [0.2, 0.25) is 5.02 Å². The minimum Gasteiger partial charge on any atom is -0.478 e. The molecule has 0 fully saturated rings. The first-order valence-corrected chi connectivity index (χ1v) is 8.19. The zero-order valence-corrected chi connectivity index (χ0v) is 13.9. The molecule has 3 nitrogen and oxygen atoms in total. The van der Waals surface area contributed by atoms with E-state index in [1.165, 1.54) is 5.56 Å². The summed E-state index contributed by atoms with van der Waals surface area (Å²) in [5.41, 5.74) is 2.22. The van der Waals surface area contributed by atoms with Crippen LogP contribution in [0.3, 0.4) is 0 Å². The Balaban J connectivity index is 2.03. The summed E-state index contributed by atoms with van der Waals surface area (Å²) < 4.78 is 5.57. The second-order valence-corrected chi connectivity index (χ2v) is 5.96. The molecular weight excluding hydrogens is 312 g/mol. The normalized spacial score (nSPS) is 11.9. The summed E-state index contributed by atoms with van der Waals surface area (Å²) in [7, 11) is 0. The van der Waals surface area contributed by atoms with E-state index >= 15 is 0 Å². The highest BCUT2D eigenvalue weighted by atomic mass is 35.5. The fraction of sp³-hybridized carbons (Fsp3) is 0.316. The Bertz CT molecular complexity index is 637. The molecule has 4 heteroatoms. The summed E-state index contributed by atoms with van der Waals surface area (Å²) in [5, 5.41) is 9.90. The summed E-state index contributed by atoms with van der Waals surface area (Å²) in [6.07, 6.45) is 2.76. The van der Waals surface area contributed by atoms with Crippen LogP contribution in [-0.4, -0.2) is 17.2 Å². The van der Waals surface area contributed by atoms with E-state index in [0.29, 0.717) is 17.2 Å². The van der Waals surface area contributed by atoms with Crippen LogP contribution in [0.1, 0.15) is 30.9 Å². The molecule has 2 rings (SSSR count). The van der Waals surface area contributed by atoms with E-state index in [0.717, 1.165) is 24.8 Å². The number of hydrogen-bond donors (Lipinski definition) is 1. The number of halogens is 1. The standard InChI is InChI=1S/C19H21ClO3/c1-2-3-5-14-8-10-15(11-9-14)12-18(19(21)22)23-17-7-4-6-16(20)13-17/h4,6-11,13,18H,2-3,5,12H2,1H3,(H,21,22)/t18-/m1/s1. The lowest BCUT2D eigenvalue weighted by Gasteiger charge is -2.15. The molecule has 2 aromatic carbocycles. The first kappa shape index (κ1) is 17.4. The van der Waals surface area contributed by atoms with Crippen LogP contribution < -0.4 is 4.74 Å². The van der Waals surface area contributed by atoms with Crippen molar-refractivity contribution in [3.8, 4) is 5.75 Å². The number of carboxylic acid groups (broad SMARTS) is 1. The Labute approximate surface area is 141 Å². The van der Waals surface area contributed by atoms with Gasteiger partial charge in [-0.1, -0.05) is 55.3 Å². The summed E-state index contributed by atoms with van der Waals surface area (Å²) >= 11 is 5.90. The van der Waals surface area contributed by atoms with Crippen LogP contribution in [-0.2, 0) is 17.6 Å². The Morgan fingerprint density at radius 3 is 2.48 bits per heavy atom. The quantitative estimate of drug-likeness (QED) is 0.758. The van der Waals surface area contributed by atoms with Gasteiger partial charge in [0, 0.05) is 11.4 Å². The number of unbranched alkanes of at least 4 members (excludes halogenated alkanes) is 1. The lowest BCUT2D eigenvalue weighted by Crippen LogP contribution is -2.29. The van der Waals surface area contributed by atoms with Crippen LogP contribution >= 0.6 is 11.6 Å². The lowest BCUT2D eigenvalue weighted by molar-refractivity contribution is -0.145. The third-order valence-electron chi connectivity index (χ3n) is 3.61. The molecule has 0 amide bonds. The molecule has 0 aromatic heterocycles. The molecule has 1 atom stereocenters. The summed E-state index contributed by atoms with van der Waals surface area (Å²) in [4.78, 5) is 11.4. The van der Waals surface area contributed by atoms with E-state index in [9.17, 15) is 9.90 Å². The zero-order valence-electron chi connectivity index (χ0n) is 13.2. The van der Waals surface area contributed by atoms with E-state index in [2.05, 4.69) is 19.1 Å². The van der Waals surface area contributed by atoms with Gasteiger partial charge in [-0.15, -0.1) is 0 Å². The number of benzene rings is 2. The van der Waals surface area contributed by atoms with Gasteiger partial charge in [0.25, 0.3) is 0 Å². The van der Waals surface area contributed by atoms with Crippen molar-refractivity contribution in [1.29, 1.82) is 0 Å². The predicted octanol–water partition coefficient (Wildman–Crippen LogP) is 4.76.